The Kier molecular flexibility index (Phi) is 4.46. The van der Waals surface area contributed by atoms with E-state index in [2.05, 4.69) is 32.9 Å². The molecule has 22 heavy (non-hydrogen) atoms. The van der Waals surface area contributed by atoms with Crippen LogP contribution in [0.3, 0.4) is 0 Å². The zero-order valence-electron chi connectivity index (χ0n) is 14.1. The van der Waals surface area contributed by atoms with Crippen LogP contribution in [0.4, 0.5) is 0 Å². The third-order valence-electron chi connectivity index (χ3n) is 5.30. The summed E-state index contributed by atoms with van der Waals surface area (Å²) >= 11 is 0. The van der Waals surface area contributed by atoms with Crippen LogP contribution in [0, 0.1) is 5.92 Å². The third kappa shape index (κ3) is 2.88. The summed E-state index contributed by atoms with van der Waals surface area (Å²) in [6, 6.07) is 4.12. The maximum atomic E-state index is 10.6. The lowest BCUT2D eigenvalue weighted by Crippen LogP contribution is -2.35. The molecule has 0 bridgehead atoms. The molecule has 0 radical (unpaired) electrons. The summed E-state index contributed by atoms with van der Waals surface area (Å²) in [6.45, 7) is 6.59. The van der Waals surface area contributed by atoms with Crippen molar-refractivity contribution in [3.8, 4) is 11.5 Å². The summed E-state index contributed by atoms with van der Waals surface area (Å²) in [6.07, 6.45) is 9.55. The lowest BCUT2D eigenvalue weighted by Gasteiger charge is -2.40. The molecule has 3 unspecified atom stereocenters. The molecule has 1 aliphatic heterocycles. The van der Waals surface area contributed by atoms with Crippen LogP contribution in [0.1, 0.15) is 69.9 Å². The van der Waals surface area contributed by atoms with Crippen molar-refractivity contribution >= 4 is 0 Å². The highest BCUT2D eigenvalue weighted by Gasteiger charge is 2.38. The van der Waals surface area contributed by atoms with E-state index in [1.807, 2.05) is 6.07 Å². The fraction of sp³-hybridized carbons (Fsp3) is 0.600. The number of hydrogen-bond acceptors (Lipinski definition) is 2. The van der Waals surface area contributed by atoms with Crippen molar-refractivity contribution in [1.29, 1.82) is 0 Å². The smallest absolute Gasteiger partial charge is 0.127 e. The molecule has 2 aliphatic rings. The molecule has 0 spiro atoms. The normalized spacial score (nSPS) is 26.7. The van der Waals surface area contributed by atoms with Crippen LogP contribution in [0.15, 0.2) is 23.8 Å². The molecular weight excluding hydrogens is 272 g/mol. The number of rotatable bonds is 4. The van der Waals surface area contributed by atoms with Gasteiger partial charge >= 0.3 is 0 Å². The standard InChI is InChI=1S/C20H28O2/c1-4-5-6-7-15-11-18(21)20-17-10-13(2)8-9-16(17)14(3)22-19(20)12-15/h10-12,14,16-17,21H,4-9H2,1-3H3. The van der Waals surface area contributed by atoms with Gasteiger partial charge in [-0.05, 0) is 57.2 Å². The van der Waals surface area contributed by atoms with Crippen molar-refractivity contribution < 1.29 is 9.84 Å². The highest BCUT2D eigenvalue weighted by molar-refractivity contribution is 5.53. The predicted octanol–water partition coefficient (Wildman–Crippen LogP) is 5.35. The molecule has 0 aromatic heterocycles. The number of fused-ring (bicyclic) bond motifs is 3. The van der Waals surface area contributed by atoms with Gasteiger partial charge in [-0.1, -0.05) is 31.4 Å². The van der Waals surface area contributed by atoms with Crippen LogP contribution in [0.2, 0.25) is 0 Å². The van der Waals surface area contributed by atoms with Gasteiger partial charge in [0.1, 0.15) is 11.5 Å². The van der Waals surface area contributed by atoms with Gasteiger partial charge in [-0.15, -0.1) is 0 Å². The molecule has 2 heteroatoms. The van der Waals surface area contributed by atoms with Crippen molar-refractivity contribution in [3.05, 3.63) is 34.9 Å². The number of hydrogen-bond donors (Lipinski definition) is 1. The molecule has 3 atom stereocenters. The molecule has 0 saturated heterocycles. The lowest BCUT2D eigenvalue weighted by molar-refractivity contribution is 0.107. The number of benzene rings is 1. The van der Waals surface area contributed by atoms with E-state index in [0.717, 1.165) is 30.6 Å². The number of ether oxygens (including phenoxy) is 1. The van der Waals surface area contributed by atoms with Crippen molar-refractivity contribution in [1.82, 2.24) is 0 Å². The van der Waals surface area contributed by atoms with Crippen LogP contribution in [-0.2, 0) is 6.42 Å². The van der Waals surface area contributed by atoms with E-state index in [9.17, 15) is 5.11 Å². The van der Waals surface area contributed by atoms with E-state index in [1.165, 1.54) is 30.4 Å². The predicted molar refractivity (Wildman–Crippen MR) is 90.6 cm³/mol. The summed E-state index contributed by atoms with van der Waals surface area (Å²) in [7, 11) is 0. The Hall–Kier alpha value is -1.44. The maximum absolute atomic E-state index is 10.6. The first kappa shape index (κ1) is 15.5. The molecule has 1 aliphatic carbocycles. The topological polar surface area (TPSA) is 29.5 Å². The SMILES string of the molecule is CCCCCc1cc(O)c2c(c1)OC(C)C1CCC(C)=CC21. The number of allylic oxidation sites excluding steroid dienone is 2. The number of aryl methyl sites for hydroxylation is 1. The Labute approximate surface area is 134 Å². The minimum atomic E-state index is 0.229. The van der Waals surface area contributed by atoms with Crippen molar-refractivity contribution in [2.24, 2.45) is 5.92 Å². The number of unbranched alkanes of at least 4 members (excludes halogenated alkanes) is 2. The van der Waals surface area contributed by atoms with Gasteiger partial charge in [-0.25, -0.2) is 0 Å². The maximum Gasteiger partial charge on any atom is 0.127 e. The quantitative estimate of drug-likeness (QED) is 0.600. The lowest BCUT2D eigenvalue weighted by atomic mass is 9.72. The highest BCUT2D eigenvalue weighted by atomic mass is 16.5. The minimum absolute atomic E-state index is 0.229. The molecule has 2 nitrogen and oxygen atoms in total. The monoisotopic (exact) mass is 300 g/mol. The van der Waals surface area contributed by atoms with Crippen LogP contribution < -0.4 is 4.74 Å². The molecule has 0 fully saturated rings. The molecule has 1 aromatic carbocycles. The molecule has 3 rings (SSSR count). The summed E-state index contributed by atoms with van der Waals surface area (Å²) in [5, 5.41) is 10.6. The summed E-state index contributed by atoms with van der Waals surface area (Å²) < 4.78 is 6.18. The Morgan fingerprint density at radius 1 is 1.27 bits per heavy atom. The zero-order chi connectivity index (χ0) is 15.7. The Morgan fingerprint density at radius 2 is 2.09 bits per heavy atom. The van der Waals surface area contributed by atoms with Gasteiger partial charge in [-0.2, -0.15) is 0 Å². The average Bonchev–Trinajstić information content (AvgIpc) is 2.46. The van der Waals surface area contributed by atoms with Gasteiger partial charge in [-0.3, -0.25) is 0 Å². The second-order valence-electron chi connectivity index (χ2n) is 7.05. The fourth-order valence-electron chi connectivity index (χ4n) is 4.02. The van der Waals surface area contributed by atoms with Crippen LogP contribution in [0.5, 0.6) is 11.5 Å². The Bertz CT molecular complexity index is 573. The molecule has 0 saturated carbocycles. The van der Waals surface area contributed by atoms with Crippen molar-refractivity contribution in [2.45, 2.75) is 71.3 Å². The van der Waals surface area contributed by atoms with Gasteiger partial charge in [0, 0.05) is 17.4 Å². The summed E-state index contributed by atoms with van der Waals surface area (Å²) in [5.74, 6) is 2.15. The van der Waals surface area contributed by atoms with Gasteiger partial charge in [0.05, 0.1) is 6.10 Å². The largest absolute Gasteiger partial charge is 0.507 e. The second-order valence-corrected chi connectivity index (χ2v) is 7.05. The van der Waals surface area contributed by atoms with E-state index in [-0.39, 0.29) is 6.10 Å². The van der Waals surface area contributed by atoms with E-state index >= 15 is 0 Å². The van der Waals surface area contributed by atoms with Gasteiger partial charge in [0.25, 0.3) is 0 Å². The van der Waals surface area contributed by atoms with Crippen LogP contribution in [0.25, 0.3) is 0 Å². The van der Waals surface area contributed by atoms with Gasteiger partial charge in [0.2, 0.25) is 0 Å². The summed E-state index contributed by atoms with van der Waals surface area (Å²) in [4.78, 5) is 0. The first-order valence-corrected chi connectivity index (χ1v) is 8.80. The minimum Gasteiger partial charge on any atom is -0.507 e. The van der Waals surface area contributed by atoms with Crippen molar-refractivity contribution in [2.75, 3.05) is 0 Å². The first-order valence-electron chi connectivity index (χ1n) is 8.80. The molecule has 1 heterocycles. The van der Waals surface area contributed by atoms with E-state index in [0.29, 0.717) is 17.6 Å². The Balaban J connectivity index is 1.94. The third-order valence-corrected chi connectivity index (χ3v) is 5.30. The molecule has 120 valence electrons. The van der Waals surface area contributed by atoms with Crippen LogP contribution in [-0.4, -0.2) is 11.2 Å². The highest BCUT2D eigenvalue weighted by Crippen LogP contribution is 2.50. The van der Waals surface area contributed by atoms with Gasteiger partial charge in [0.15, 0.2) is 0 Å². The summed E-state index contributed by atoms with van der Waals surface area (Å²) in [5.41, 5.74) is 3.65. The van der Waals surface area contributed by atoms with Crippen LogP contribution >= 0.6 is 0 Å². The average molecular weight is 300 g/mol. The van der Waals surface area contributed by atoms with E-state index in [1.54, 1.807) is 0 Å². The van der Waals surface area contributed by atoms with Gasteiger partial charge < -0.3 is 9.84 Å². The van der Waals surface area contributed by atoms with E-state index < -0.39 is 0 Å². The van der Waals surface area contributed by atoms with E-state index in [4.69, 9.17) is 4.74 Å². The number of aromatic hydroxyl groups is 1. The zero-order valence-corrected chi connectivity index (χ0v) is 14.1. The number of phenols is 1. The number of phenolic OH excluding ortho intramolecular Hbond substituents is 1. The molecular formula is C20H28O2. The Morgan fingerprint density at radius 3 is 2.86 bits per heavy atom. The molecule has 0 amide bonds. The second kappa shape index (κ2) is 6.36. The first-order chi connectivity index (χ1) is 10.6. The molecule has 1 aromatic rings. The van der Waals surface area contributed by atoms with Crippen molar-refractivity contribution in [3.63, 3.8) is 0 Å². The fourth-order valence-corrected chi connectivity index (χ4v) is 4.02. The molecule has 1 N–H and O–H groups in total.